The molecule has 0 radical (unpaired) electrons. The molecule has 1 aliphatic rings. The molecule has 2 aromatic rings. The fourth-order valence-electron chi connectivity index (χ4n) is 3.25. The molecule has 1 atom stereocenters. The summed E-state index contributed by atoms with van der Waals surface area (Å²) in [5.74, 6) is 0.0273. The van der Waals surface area contributed by atoms with Crippen molar-refractivity contribution in [3.05, 3.63) is 53.7 Å². The van der Waals surface area contributed by atoms with Crippen LogP contribution in [0.3, 0.4) is 0 Å². The minimum Gasteiger partial charge on any atom is -0.383 e. The number of hydrogen-bond donors (Lipinski definition) is 1. The summed E-state index contributed by atoms with van der Waals surface area (Å²) in [5.41, 5.74) is 2.39. The molecule has 1 aromatic carbocycles. The second-order valence-corrected chi connectivity index (χ2v) is 6.70. The number of nitrogens with zero attached hydrogens (tertiary/aromatic N) is 3. The number of nitriles is 1. The fourth-order valence-corrected chi connectivity index (χ4v) is 3.25. The van der Waals surface area contributed by atoms with Crippen molar-refractivity contribution < 1.29 is 14.3 Å². The minimum atomic E-state index is -0.184. The van der Waals surface area contributed by atoms with Gasteiger partial charge in [-0.1, -0.05) is 12.1 Å². The molecule has 1 unspecified atom stereocenters. The summed E-state index contributed by atoms with van der Waals surface area (Å²) in [6, 6.07) is 12.5. The highest BCUT2D eigenvalue weighted by atomic mass is 16.5. The molecule has 144 valence electrons. The Labute approximate surface area is 163 Å². The number of benzene rings is 1. The summed E-state index contributed by atoms with van der Waals surface area (Å²) < 4.78 is 5.01. The molecule has 1 saturated heterocycles. The van der Waals surface area contributed by atoms with Gasteiger partial charge < -0.3 is 15.0 Å². The molecule has 1 aliphatic heterocycles. The summed E-state index contributed by atoms with van der Waals surface area (Å²) in [4.78, 5) is 30.4. The number of aromatic nitrogens is 1. The Kier molecular flexibility index (Phi) is 6.35. The first-order valence-corrected chi connectivity index (χ1v) is 9.13. The maximum atomic E-state index is 12.4. The molecule has 28 heavy (non-hydrogen) atoms. The lowest BCUT2D eigenvalue weighted by Gasteiger charge is -2.16. The summed E-state index contributed by atoms with van der Waals surface area (Å²) in [6.45, 7) is 2.19. The Balaban J connectivity index is 1.57. The van der Waals surface area contributed by atoms with E-state index in [1.54, 1.807) is 54.6 Å². The maximum Gasteiger partial charge on any atom is 0.251 e. The first-order valence-electron chi connectivity index (χ1n) is 9.13. The van der Waals surface area contributed by atoms with Crippen molar-refractivity contribution in [2.24, 2.45) is 5.92 Å². The van der Waals surface area contributed by atoms with Crippen molar-refractivity contribution in [2.75, 3.05) is 33.4 Å². The van der Waals surface area contributed by atoms with E-state index in [1.807, 2.05) is 0 Å². The van der Waals surface area contributed by atoms with Gasteiger partial charge in [-0.2, -0.15) is 5.26 Å². The lowest BCUT2D eigenvalue weighted by molar-refractivity contribution is -0.128. The first kappa shape index (κ1) is 19.5. The van der Waals surface area contributed by atoms with Gasteiger partial charge in [0.05, 0.1) is 17.9 Å². The highest BCUT2D eigenvalue weighted by Crippen LogP contribution is 2.21. The molecule has 1 aromatic heterocycles. The van der Waals surface area contributed by atoms with Gasteiger partial charge in [-0.15, -0.1) is 0 Å². The molecule has 3 rings (SSSR count). The van der Waals surface area contributed by atoms with E-state index in [2.05, 4.69) is 16.4 Å². The van der Waals surface area contributed by atoms with Crippen LogP contribution < -0.4 is 5.32 Å². The average Bonchev–Trinajstić information content (AvgIpc) is 3.10. The van der Waals surface area contributed by atoms with E-state index in [1.165, 1.54) is 0 Å². The van der Waals surface area contributed by atoms with Crippen LogP contribution in [0.1, 0.15) is 22.3 Å². The molecular weight excluding hydrogens is 356 g/mol. The Morgan fingerprint density at radius 1 is 1.36 bits per heavy atom. The predicted molar refractivity (Wildman–Crippen MR) is 103 cm³/mol. The van der Waals surface area contributed by atoms with E-state index in [0.717, 1.165) is 5.56 Å². The van der Waals surface area contributed by atoms with Crippen LogP contribution in [0.4, 0.5) is 0 Å². The van der Waals surface area contributed by atoms with Gasteiger partial charge in [-0.25, -0.2) is 0 Å². The first-order chi connectivity index (χ1) is 13.6. The summed E-state index contributed by atoms with van der Waals surface area (Å²) in [7, 11) is 1.61. The van der Waals surface area contributed by atoms with E-state index in [-0.39, 0.29) is 17.7 Å². The number of carbonyl (C=O) groups is 2. The van der Waals surface area contributed by atoms with Gasteiger partial charge in [0.25, 0.3) is 5.91 Å². The molecule has 7 nitrogen and oxygen atoms in total. The van der Waals surface area contributed by atoms with Crippen molar-refractivity contribution >= 4 is 11.8 Å². The zero-order valence-corrected chi connectivity index (χ0v) is 15.7. The van der Waals surface area contributed by atoms with Crippen LogP contribution in [0.25, 0.3) is 11.3 Å². The van der Waals surface area contributed by atoms with Gasteiger partial charge in [0.2, 0.25) is 5.91 Å². The number of pyridine rings is 1. The number of methoxy groups -OCH3 is 1. The van der Waals surface area contributed by atoms with Crippen molar-refractivity contribution in [2.45, 2.75) is 6.42 Å². The topological polar surface area (TPSA) is 95.3 Å². The number of nitrogens with one attached hydrogen (secondary N) is 1. The normalized spacial score (nSPS) is 16.1. The van der Waals surface area contributed by atoms with Crippen LogP contribution in [0, 0.1) is 17.2 Å². The number of amides is 2. The molecule has 1 fully saturated rings. The van der Waals surface area contributed by atoms with E-state index in [0.29, 0.717) is 49.5 Å². The highest BCUT2D eigenvalue weighted by Gasteiger charge is 2.29. The number of likely N-dealkylation sites (tertiary alicyclic amines) is 1. The van der Waals surface area contributed by atoms with Crippen molar-refractivity contribution in [1.29, 1.82) is 5.26 Å². The molecule has 2 amide bonds. The van der Waals surface area contributed by atoms with Gasteiger partial charge in [0.1, 0.15) is 6.07 Å². The number of hydrogen-bond acceptors (Lipinski definition) is 5. The van der Waals surface area contributed by atoms with E-state index < -0.39 is 0 Å². The van der Waals surface area contributed by atoms with Crippen LogP contribution in [0.15, 0.2) is 42.6 Å². The summed E-state index contributed by atoms with van der Waals surface area (Å²) in [6.07, 6.45) is 2.08. The third kappa shape index (κ3) is 4.53. The largest absolute Gasteiger partial charge is 0.383 e. The fraction of sp³-hybridized carbons (Fsp3) is 0.333. The minimum absolute atomic E-state index is 0.101. The smallest absolute Gasteiger partial charge is 0.251 e. The SMILES string of the molecule is COCCN1CC(CNC(=O)c2ccc(-c3ncccc3C#N)cc2)CC1=O. The highest BCUT2D eigenvalue weighted by molar-refractivity contribution is 5.94. The van der Waals surface area contributed by atoms with Crippen LogP contribution in [-0.2, 0) is 9.53 Å². The quantitative estimate of drug-likeness (QED) is 0.793. The average molecular weight is 378 g/mol. The molecule has 0 bridgehead atoms. The molecule has 7 heteroatoms. The monoisotopic (exact) mass is 378 g/mol. The third-order valence-corrected chi connectivity index (χ3v) is 4.76. The van der Waals surface area contributed by atoms with Crippen molar-refractivity contribution in [1.82, 2.24) is 15.2 Å². The van der Waals surface area contributed by atoms with E-state index >= 15 is 0 Å². The summed E-state index contributed by atoms with van der Waals surface area (Å²) >= 11 is 0. The summed E-state index contributed by atoms with van der Waals surface area (Å²) in [5, 5.41) is 12.1. The van der Waals surface area contributed by atoms with Gasteiger partial charge in [-0.05, 0) is 24.3 Å². The van der Waals surface area contributed by atoms with Gasteiger partial charge in [-0.3, -0.25) is 14.6 Å². The molecule has 0 spiro atoms. The Hall–Kier alpha value is -3.24. The van der Waals surface area contributed by atoms with E-state index in [4.69, 9.17) is 4.74 Å². The second-order valence-electron chi connectivity index (χ2n) is 6.70. The third-order valence-electron chi connectivity index (χ3n) is 4.76. The predicted octanol–water partition coefficient (Wildman–Crippen LogP) is 1.84. The Bertz CT molecular complexity index is 889. The zero-order chi connectivity index (χ0) is 19.9. The maximum absolute atomic E-state index is 12.4. The van der Waals surface area contributed by atoms with Crippen LogP contribution in [0.5, 0.6) is 0 Å². The van der Waals surface area contributed by atoms with Crippen LogP contribution in [-0.4, -0.2) is 55.0 Å². The van der Waals surface area contributed by atoms with E-state index in [9.17, 15) is 14.9 Å². The lowest BCUT2D eigenvalue weighted by atomic mass is 10.0. The van der Waals surface area contributed by atoms with Crippen LogP contribution in [0.2, 0.25) is 0 Å². The van der Waals surface area contributed by atoms with Gasteiger partial charge in [0.15, 0.2) is 0 Å². The number of rotatable bonds is 7. The molecule has 0 saturated carbocycles. The molecule has 0 aliphatic carbocycles. The van der Waals surface area contributed by atoms with Crippen molar-refractivity contribution in [3.8, 4) is 17.3 Å². The number of ether oxygens (including phenoxy) is 1. The Morgan fingerprint density at radius 2 is 2.14 bits per heavy atom. The van der Waals surface area contributed by atoms with Crippen molar-refractivity contribution in [3.63, 3.8) is 0 Å². The zero-order valence-electron chi connectivity index (χ0n) is 15.7. The molecule has 2 heterocycles. The van der Waals surface area contributed by atoms with Gasteiger partial charge >= 0.3 is 0 Å². The number of carbonyl (C=O) groups excluding carboxylic acids is 2. The van der Waals surface area contributed by atoms with Crippen LogP contribution >= 0.6 is 0 Å². The standard InChI is InChI=1S/C21H22N4O3/c1-28-10-9-25-14-15(11-19(25)26)13-24-21(27)17-6-4-16(5-7-17)20-18(12-22)3-2-8-23-20/h2-8,15H,9-11,13-14H2,1H3,(H,24,27). The Morgan fingerprint density at radius 3 is 2.86 bits per heavy atom. The lowest BCUT2D eigenvalue weighted by Crippen LogP contribution is -2.32. The molecule has 1 N–H and O–H groups in total. The molecular formula is C21H22N4O3. The van der Waals surface area contributed by atoms with Gasteiger partial charge in [0, 0.05) is 56.4 Å². The second kappa shape index (κ2) is 9.11.